The molecule has 0 radical (unpaired) electrons. The molecule has 1 heterocycles. The number of hydrogen-bond acceptors (Lipinski definition) is 7. The number of amides is 2. The zero-order chi connectivity index (χ0) is 27.5. The first-order chi connectivity index (χ1) is 18.8. The van der Waals surface area contributed by atoms with Crippen molar-refractivity contribution in [3.63, 3.8) is 0 Å². The average molecular weight is 588 g/mol. The molecule has 2 N–H and O–H groups in total. The summed E-state index contributed by atoms with van der Waals surface area (Å²) in [7, 11) is 0. The molecule has 11 heteroatoms. The van der Waals surface area contributed by atoms with E-state index in [1.807, 2.05) is 30.3 Å². The van der Waals surface area contributed by atoms with Crippen molar-refractivity contribution in [1.82, 2.24) is 10.4 Å². The van der Waals surface area contributed by atoms with Gasteiger partial charge in [0.15, 0.2) is 0 Å². The minimum atomic E-state index is -1.20. The quantitative estimate of drug-likeness (QED) is 0.231. The molecule has 5 rings (SSSR count). The first kappa shape index (κ1) is 25.7. The van der Waals surface area contributed by atoms with Gasteiger partial charge in [0, 0.05) is 27.9 Å². The number of anilines is 1. The van der Waals surface area contributed by atoms with Crippen molar-refractivity contribution in [2.75, 3.05) is 5.32 Å². The minimum Gasteiger partial charge on any atom is -0.872 e. The highest BCUT2D eigenvalue weighted by Gasteiger charge is 2.35. The molecule has 0 unspecified atom stereocenters. The van der Waals surface area contributed by atoms with Crippen molar-refractivity contribution in [3.8, 4) is 11.5 Å². The van der Waals surface area contributed by atoms with Crippen LogP contribution in [0.25, 0.3) is 0 Å². The molecule has 10 nitrogen and oxygen atoms in total. The molecule has 1 aliphatic rings. The van der Waals surface area contributed by atoms with Crippen LogP contribution in [-0.2, 0) is 6.61 Å². The van der Waals surface area contributed by atoms with Gasteiger partial charge in [0.05, 0.1) is 10.5 Å². The molecule has 2 amide bonds. The second-order valence-corrected chi connectivity index (χ2v) is 9.55. The fraction of sp³-hybridized carbons (Fsp3) is 0.0714. The zero-order valence-corrected chi connectivity index (χ0v) is 21.8. The smallest absolute Gasteiger partial charge is 0.276 e. The lowest BCUT2D eigenvalue weighted by atomic mass is 10.0. The summed E-state index contributed by atoms with van der Waals surface area (Å²) in [5, 5.41) is 28.1. The van der Waals surface area contributed by atoms with Crippen LogP contribution in [0.3, 0.4) is 0 Å². The van der Waals surface area contributed by atoms with Crippen LogP contribution in [0.1, 0.15) is 38.0 Å². The maximum Gasteiger partial charge on any atom is 0.276 e. The Morgan fingerprint density at radius 3 is 2.49 bits per heavy atom. The van der Waals surface area contributed by atoms with Gasteiger partial charge >= 0.3 is 0 Å². The van der Waals surface area contributed by atoms with Gasteiger partial charge in [-0.15, -0.1) is 5.75 Å². The maximum absolute atomic E-state index is 13.5. The molecular weight excluding hydrogens is 568 g/mol. The number of benzene rings is 4. The SMILES string of the molecule is O=C(NN1C(=O)c2cc(Br)ccc2N[C@H]1c1cc([N+](=O)[O-])ccc1[O-])c1ccc(OCc2ccccc2)cc1. The van der Waals surface area contributed by atoms with Crippen molar-refractivity contribution < 1.29 is 24.4 Å². The van der Waals surface area contributed by atoms with Crippen molar-refractivity contribution >= 4 is 39.1 Å². The predicted molar refractivity (Wildman–Crippen MR) is 144 cm³/mol. The lowest BCUT2D eigenvalue weighted by Crippen LogP contribution is -2.53. The van der Waals surface area contributed by atoms with E-state index in [9.17, 15) is 24.8 Å². The molecule has 0 saturated carbocycles. The van der Waals surface area contributed by atoms with Gasteiger partial charge in [-0.1, -0.05) is 52.3 Å². The van der Waals surface area contributed by atoms with Crippen molar-refractivity contribution in [2.45, 2.75) is 12.8 Å². The summed E-state index contributed by atoms with van der Waals surface area (Å²) in [4.78, 5) is 37.4. The molecule has 196 valence electrons. The number of non-ortho nitro benzene ring substituents is 1. The van der Waals surface area contributed by atoms with Gasteiger partial charge in [0.1, 0.15) is 18.5 Å². The van der Waals surface area contributed by atoms with Crippen LogP contribution >= 0.6 is 15.9 Å². The Morgan fingerprint density at radius 2 is 1.77 bits per heavy atom. The number of halogens is 1. The van der Waals surface area contributed by atoms with Crippen molar-refractivity contribution in [2.24, 2.45) is 0 Å². The van der Waals surface area contributed by atoms with E-state index in [1.165, 1.54) is 0 Å². The van der Waals surface area contributed by atoms with E-state index in [0.717, 1.165) is 28.8 Å². The van der Waals surface area contributed by atoms with E-state index in [1.54, 1.807) is 42.5 Å². The number of hydrogen-bond donors (Lipinski definition) is 2. The number of hydrazine groups is 1. The van der Waals surface area contributed by atoms with Gasteiger partial charge < -0.3 is 15.2 Å². The van der Waals surface area contributed by atoms with Gasteiger partial charge in [0.25, 0.3) is 17.5 Å². The van der Waals surface area contributed by atoms with Gasteiger partial charge in [0.2, 0.25) is 0 Å². The zero-order valence-electron chi connectivity index (χ0n) is 20.2. The van der Waals surface area contributed by atoms with Crippen molar-refractivity contribution in [1.29, 1.82) is 0 Å². The van der Waals surface area contributed by atoms with Crippen LogP contribution in [0.5, 0.6) is 11.5 Å². The Kier molecular flexibility index (Phi) is 7.15. The van der Waals surface area contributed by atoms with Gasteiger partial charge in [-0.2, -0.15) is 0 Å². The average Bonchev–Trinajstić information content (AvgIpc) is 2.94. The number of nitro benzene ring substituents is 1. The minimum absolute atomic E-state index is 0.0731. The molecule has 4 aromatic rings. The Labute approximate surface area is 231 Å². The van der Waals surface area contributed by atoms with E-state index in [0.29, 0.717) is 22.5 Å². The molecule has 0 fully saturated rings. The normalized spacial score (nSPS) is 14.2. The summed E-state index contributed by atoms with van der Waals surface area (Å²) < 4.78 is 6.39. The highest BCUT2D eigenvalue weighted by atomic mass is 79.9. The first-order valence-corrected chi connectivity index (χ1v) is 12.5. The second kappa shape index (κ2) is 10.8. The molecule has 39 heavy (non-hydrogen) atoms. The third kappa shape index (κ3) is 5.53. The number of rotatable bonds is 7. The monoisotopic (exact) mass is 587 g/mol. The van der Waals surface area contributed by atoms with Crippen LogP contribution in [0, 0.1) is 10.1 Å². The fourth-order valence-electron chi connectivity index (χ4n) is 4.09. The topological polar surface area (TPSA) is 137 Å². The van der Waals surface area contributed by atoms with Crippen LogP contribution < -0.4 is 20.6 Å². The third-order valence-corrected chi connectivity index (χ3v) is 6.56. The molecule has 0 aromatic heterocycles. The van der Waals surface area contributed by atoms with Gasteiger partial charge in [-0.25, -0.2) is 5.01 Å². The number of fused-ring (bicyclic) bond motifs is 1. The van der Waals surface area contributed by atoms with E-state index in [2.05, 4.69) is 26.7 Å². The van der Waals surface area contributed by atoms with Crippen molar-refractivity contribution in [3.05, 3.63) is 128 Å². The summed E-state index contributed by atoms with van der Waals surface area (Å²) in [6.07, 6.45) is -1.20. The number of ether oxygens (including phenoxy) is 1. The fourth-order valence-corrected chi connectivity index (χ4v) is 4.45. The maximum atomic E-state index is 13.5. The summed E-state index contributed by atoms with van der Waals surface area (Å²) in [6, 6.07) is 24.1. The highest BCUT2D eigenvalue weighted by Crippen LogP contribution is 2.37. The summed E-state index contributed by atoms with van der Waals surface area (Å²) >= 11 is 3.33. The number of nitrogens with one attached hydrogen (secondary N) is 2. The Hall–Kier alpha value is -4.90. The van der Waals surface area contributed by atoms with E-state index in [4.69, 9.17) is 4.74 Å². The number of nitro groups is 1. The Bertz CT molecular complexity index is 1560. The van der Waals surface area contributed by atoms with Crippen LogP contribution in [-0.4, -0.2) is 21.7 Å². The highest BCUT2D eigenvalue weighted by molar-refractivity contribution is 9.10. The molecule has 0 aliphatic carbocycles. The molecule has 4 aromatic carbocycles. The van der Waals surface area contributed by atoms with E-state index in [-0.39, 0.29) is 22.4 Å². The van der Waals surface area contributed by atoms with Gasteiger partial charge in [-0.05, 0) is 53.6 Å². The summed E-state index contributed by atoms with van der Waals surface area (Å²) in [6.45, 7) is 0.359. The second-order valence-electron chi connectivity index (χ2n) is 8.63. The predicted octanol–water partition coefficient (Wildman–Crippen LogP) is 4.92. The molecular formula is C28H20BrN4O6-. The van der Waals surface area contributed by atoms with Crippen LogP contribution in [0.15, 0.2) is 95.5 Å². The van der Waals surface area contributed by atoms with Crippen LogP contribution in [0.4, 0.5) is 11.4 Å². The first-order valence-electron chi connectivity index (χ1n) is 11.7. The molecule has 1 atom stereocenters. The number of nitrogens with zero attached hydrogens (tertiary/aromatic N) is 2. The molecule has 0 spiro atoms. The lowest BCUT2D eigenvalue weighted by molar-refractivity contribution is -0.385. The molecule has 0 saturated heterocycles. The number of carbonyl (C=O) groups excluding carboxylic acids is 2. The Morgan fingerprint density at radius 1 is 1.03 bits per heavy atom. The van der Waals surface area contributed by atoms with E-state index >= 15 is 0 Å². The Balaban J connectivity index is 1.41. The summed E-state index contributed by atoms with van der Waals surface area (Å²) in [5.74, 6) is -1.21. The third-order valence-electron chi connectivity index (χ3n) is 6.07. The standard InChI is InChI=1S/C28H21BrN4O6/c29-19-8-12-24-22(14-19)28(36)32(26(30-24)23-15-20(33(37)38)9-13-25(23)34)31-27(35)18-6-10-21(11-7-18)39-16-17-4-2-1-3-5-17/h1-15,26,30,34H,16H2,(H,31,35)/p-1/t26-/m1/s1. The lowest BCUT2D eigenvalue weighted by Gasteiger charge is -2.39. The number of carbonyl (C=O) groups is 2. The largest absolute Gasteiger partial charge is 0.872 e. The molecule has 1 aliphatic heterocycles. The summed E-state index contributed by atoms with van der Waals surface area (Å²) in [5.41, 5.74) is 4.04. The molecule has 0 bridgehead atoms. The van der Waals surface area contributed by atoms with Gasteiger partial charge in [-0.3, -0.25) is 25.1 Å². The van der Waals surface area contributed by atoms with Crippen LogP contribution in [0.2, 0.25) is 0 Å². The van der Waals surface area contributed by atoms with E-state index < -0.39 is 28.7 Å².